The number of aryl methyl sites for hydroxylation is 1. The first-order valence-electron chi connectivity index (χ1n) is 5.67. The molecule has 0 aliphatic heterocycles. The van der Waals surface area contributed by atoms with E-state index in [1.807, 2.05) is 19.1 Å². The van der Waals surface area contributed by atoms with E-state index in [1.165, 1.54) is 11.9 Å². The van der Waals surface area contributed by atoms with Crippen LogP contribution in [-0.2, 0) is 5.75 Å². The maximum Gasteiger partial charge on any atom is 0.253 e. The SMILES string of the molecule is Cc1cc(SCc2ccccc2)n2ncnc2n1. The van der Waals surface area contributed by atoms with Gasteiger partial charge < -0.3 is 0 Å². The second kappa shape index (κ2) is 4.78. The maximum atomic E-state index is 4.33. The number of aromatic nitrogens is 4. The number of nitrogens with zero attached hydrogens (tertiary/aromatic N) is 4. The van der Waals surface area contributed by atoms with Crippen LogP contribution in [0, 0.1) is 6.92 Å². The average molecular weight is 256 g/mol. The highest BCUT2D eigenvalue weighted by Crippen LogP contribution is 2.22. The van der Waals surface area contributed by atoms with E-state index in [0.29, 0.717) is 5.78 Å². The first kappa shape index (κ1) is 11.2. The molecular weight excluding hydrogens is 244 g/mol. The molecule has 0 fully saturated rings. The van der Waals surface area contributed by atoms with Gasteiger partial charge in [0.2, 0.25) is 0 Å². The Bertz CT molecular complexity index is 663. The summed E-state index contributed by atoms with van der Waals surface area (Å²) in [4.78, 5) is 8.45. The molecule has 0 saturated carbocycles. The number of hydrogen-bond donors (Lipinski definition) is 0. The summed E-state index contributed by atoms with van der Waals surface area (Å²) >= 11 is 1.74. The molecule has 90 valence electrons. The minimum absolute atomic E-state index is 0.658. The van der Waals surface area contributed by atoms with Gasteiger partial charge in [0.05, 0.1) is 0 Å². The topological polar surface area (TPSA) is 43.1 Å². The van der Waals surface area contributed by atoms with Crippen molar-refractivity contribution >= 4 is 17.5 Å². The molecule has 0 saturated heterocycles. The lowest BCUT2D eigenvalue weighted by Crippen LogP contribution is -1.97. The van der Waals surface area contributed by atoms with Crippen LogP contribution >= 0.6 is 11.8 Å². The maximum absolute atomic E-state index is 4.33. The summed E-state index contributed by atoms with van der Waals surface area (Å²) in [5.41, 5.74) is 2.26. The zero-order valence-corrected chi connectivity index (χ0v) is 10.8. The van der Waals surface area contributed by atoms with Crippen LogP contribution in [0.25, 0.3) is 5.78 Å². The van der Waals surface area contributed by atoms with E-state index in [9.17, 15) is 0 Å². The van der Waals surface area contributed by atoms with Gasteiger partial charge in [-0.25, -0.2) is 4.98 Å². The van der Waals surface area contributed by atoms with Gasteiger partial charge in [0.25, 0.3) is 5.78 Å². The lowest BCUT2D eigenvalue weighted by molar-refractivity contribution is 0.833. The number of hydrogen-bond acceptors (Lipinski definition) is 4. The van der Waals surface area contributed by atoms with Crippen molar-refractivity contribution in [2.24, 2.45) is 0 Å². The summed E-state index contributed by atoms with van der Waals surface area (Å²) in [6, 6.07) is 12.4. The van der Waals surface area contributed by atoms with E-state index < -0.39 is 0 Å². The van der Waals surface area contributed by atoms with Crippen molar-refractivity contribution in [2.75, 3.05) is 0 Å². The van der Waals surface area contributed by atoms with Gasteiger partial charge in [0.15, 0.2) is 0 Å². The highest BCUT2D eigenvalue weighted by atomic mass is 32.2. The lowest BCUT2D eigenvalue weighted by Gasteiger charge is -2.04. The first-order valence-corrected chi connectivity index (χ1v) is 6.65. The number of thioether (sulfide) groups is 1. The van der Waals surface area contributed by atoms with Crippen LogP contribution in [0.1, 0.15) is 11.3 Å². The van der Waals surface area contributed by atoms with E-state index in [4.69, 9.17) is 0 Å². The molecule has 3 rings (SSSR count). The van der Waals surface area contributed by atoms with Crippen LogP contribution in [0.15, 0.2) is 47.8 Å². The van der Waals surface area contributed by atoms with Gasteiger partial charge in [0.1, 0.15) is 11.4 Å². The number of benzene rings is 1. The van der Waals surface area contributed by atoms with Crippen molar-refractivity contribution in [1.29, 1.82) is 0 Å². The van der Waals surface area contributed by atoms with Gasteiger partial charge in [-0.15, -0.1) is 11.8 Å². The van der Waals surface area contributed by atoms with Crippen LogP contribution in [0.2, 0.25) is 0 Å². The smallest absolute Gasteiger partial charge is 0.216 e. The molecular formula is C13H12N4S. The van der Waals surface area contributed by atoms with Crippen molar-refractivity contribution in [1.82, 2.24) is 19.6 Å². The van der Waals surface area contributed by atoms with Gasteiger partial charge >= 0.3 is 0 Å². The van der Waals surface area contributed by atoms with Crippen LogP contribution in [0.3, 0.4) is 0 Å². The van der Waals surface area contributed by atoms with E-state index >= 15 is 0 Å². The summed E-state index contributed by atoms with van der Waals surface area (Å²) in [6.07, 6.45) is 1.54. The fourth-order valence-electron chi connectivity index (χ4n) is 1.73. The molecule has 0 aliphatic carbocycles. The van der Waals surface area contributed by atoms with E-state index in [0.717, 1.165) is 16.5 Å². The quantitative estimate of drug-likeness (QED) is 0.534. The van der Waals surface area contributed by atoms with E-state index in [1.54, 1.807) is 16.3 Å². The molecule has 0 atom stereocenters. The van der Waals surface area contributed by atoms with Crippen LogP contribution in [0.5, 0.6) is 0 Å². The minimum Gasteiger partial charge on any atom is -0.216 e. The van der Waals surface area contributed by atoms with Crippen LogP contribution < -0.4 is 0 Å². The monoisotopic (exact) mass is 256 g/mol. The summed E-state index contributed by atoms with van der Waals surface area (Å²) in [6.45, 7) is 1.97. The third-order valence-corrected chi connectivity index (χ3v) is 3.64. The Morgan fingerprint density at radius 1 is 1.22 bits per heavy atom. The predicted molar refractivity (Wildman–Crippen MR) is 71.5 cm³/mol. The average Bonchev–Trinajstić information content (AvgIpc) is 2.85. The molecule has 0 N–H and O–H groups in total. The Morgan fingerprint density at radius 3 is 2.89 bits per heavy atom. The fraction of sp³-hybridized carbons (Fsp3) is 0.154. The Kier molecular flexibility index (Phi) is 2.98. The molecule has 2 aromatic heterocycles. The second-order valence-corrected chi connectivity index (χ2v) is 4.98. The van der Waals surface area contributed by atoms with E-state index in [-0.39, 0.29) is 0 Å². The Labute approximate surface area is 109 Å². The summed E-state index contributed by atoms with van der Waals surface area (Å²) < 4.78 is 1.78. The highest BCUT2D eigenvalue weighted by Gasteiger charge is 2.06. The zero-order valence-electron chi connectivity index (χ0n) is 9.95. The minimum atomic E-state index is 0.658. The molecule has 4 nitrogen and oxygen atoms in total. The normalized spacial score (nSPS) is 10.9. The standard InChI is InChI=1S/C13H12N4S/c1-10-7-12(17-13(16-10)14-9-15-17)18-8-11-5-3-2-4-6-11/h2-7,9H,8H2,1H3. The number of fused-ring (bicyclic) bond motifs is 1. The Balaban J connectivity index is 1.88. The molecule has 5 heteroatoms. The van der Waals surface area contributed by atoms with Gasteiger partial charge in [-0.05, 0) is 18.6 Å². The summed E-state index contributed by atoms with van der Waals surface area (Å²) in [5.74, 6) is 1.57. The largest absolute Gasteiger partial charge is 0.253 e. The van der Waals surface area contributed by atoms with Crippen molar-refractivity contribution in [3.8, 4) is 0 Å². The molecule has 2 heterocycles. The molecule has 0 spiro atoms. The van der Waals surface area contributed by atoms with Gasteiger partial charge in [0, 0.05) is 11.4 Å². The second-order valence-electron chi connectivity index (χ2n) is 3.98. The third-order valence-electron chi connectivity index (χ3n) is 2.58. The highest BCUT2D eigenvalue weighted by molar-refractivity contribution is 7.98. The molecule has 0 unspecified atom stereocenters. The fourth-order valence-corrected chi connectivity index (χ4v) is 2.74. The van der Waals surface area contributed by atoms with Crippen molar-refractivity contribution in [3.05, 3.63) is 54.0 Å². The Hall–Kier alpha value is -1.88. The molecule has 0 bridgehead atoms. The first-order chi connectivity index (χ1) is 8.83. The predicted octanol–water partition coefficient (Wildman–Crippen LogP) is 2.73. The van der Waals surface area contributed by atoms with Crippen molar-refractivity contribution in [3.63, 3.8) is 0 Å². The van der Waals surface area contributed by atoms with Crippen LogP contribution in [0.4, 0.5) is 0 Å². The lowest BCUT2D eigenvalue weighted by atomic mass is 10.2. The van der Waals surface area contributed by atoms with Gasteiger partial charge in [-0.3, -0.25) is 0 Å². The molecule has 0 aliphatic rings. The van der Waals surface area contributed by atoms with Crippen LogP contribution in [-0.4, -0.2) is 19.6 Å². The summed E-state index contributed by atoms with van der Waals surface area (Å²) in [5, 5.41) is 5.26. The van der Waals surface area contributed by atoms with E-state index in [2.05, 4.69) is 39.3 Å². The van der Waals surface area contributed by atoms with Gasteiger partial charge in [-0.2, -0.15) is 14.6 Å². The summed E-state index contributed by atoms with van der Waals surface area (Å²) in [7, 11) is 0. The molecule has 18 heavy (non-hydrogen) atoms. The third kappa shape index (κ3) is 2.22. The molecule has 0 radical (unpaired) electrons. The molecule has 0 amide bonds. The van der Waals surface area contributed by atoms with Crippen molar-refractivity contribution in [2.45, 2.75) is 17.7 Å². The molecule has 3 aromatic rings. The zero-order chi connectivity index (χ0) is 12.4. The molecule has 1 aromatic carbocycles. The Morgan fingerprint density at radius 2 is 2.06 bits per heavy atom. The van der Waals surface area contributed by atoms with Gasteiger partial charge in [-0.1, -0.05) is 30.3 Å². The van der Waals surface area contributed by atoms with Crippen molar-refractivity contribution < 1.29 is 0 Å². The number of rotatable bonds is 3.